The fraction of sp³-hybridized carbons (Fsp3) is 0.161. The zero-order chi connectivity index (χ0) is 25.8. The fourth-order valence-corrected chi connectivity index (χ4v) is 4.65. The Balaban J connectivity index is 1.28. The van der Waals surface area contributed by atoms with Crippen LogP contribution in [0.2, 0.25) is 0 Å². The smallest absolute Gasteiger partial charge is 0.251 e. The minimum Gasteiger partial charge on any atom is -0.353 e. The van der Waals surface area contributed by atoms with Crippen LogP contribution in [0.3, 0.4) is 0 Å². The Kier molecular flexibility index (Phi) is 7.08. The van der Waals surface area contributed by atoms with Gasteiger partial charge in [-0.25, -0.2) is 8.78 Å². The lowest BCUT2D eigenvalue weighted by Gasteiger charge is -2.12. The predicted molar refractivity (Wildman–Crippen MR) is 140 cm³/mol. The molecule has 2 N–H and O–H groups in total. The van der Waals surface area contributed by atoms with Crippen molar-refractivity contribution < 1.29 is 18.4 Å². The third-order valence-corrected chi connectivity index (χ3v) is 6.61. The Morgan fingerprint density at radius 3 is 2.43 bits per heavy atom. The molecule has 1 amide bonds. The van der Waals surface area contributed by atoms with Crippen LogP contribution in [-0.2, 0) is 19.3 Å². The van der Waals surface area contributed by atoms with Crippen molar-refractivity contribution in [2.24, 2.45) is 0 Å². The van der Waals surface area contributed by atoms with E-state index in [1.54, 1.807) is 24.3 Å². The van der Waals surface area contributed by atoms with Gasteiger partial charge in [-0.3, -0.25) is 9.59 Å². The lowest BCUT2D eigenvalue weighted by Crippen LogP contribution is -2.25. The quantitative estimate of drug-likeness (QED) is 0.291. The molecular formula is C31H26F2N2O2. The number of hydrogen-bond donors (Lipinski definition) is 2. The van der Waals surface area contributed by atoms with Crippen LogP contribution in [0, 0.1) is 11.6 Å². The molecule has 0 saturated carbocycles. The first-order valence-electron chi connectivity index (χ1n) is 12.3. The molecule has 5 rings (SSSR count). The maximum atomic E-state index is 14.1. The second-order valence-electron chi connectivity index (χ2n) is 9.17. The van der Waals surface area contributed by atoms with Gasteiger partial charge in [-0.1, -0.05) is 36.4 Å². The topological polar surface area (TPSA) is 58.2 Å². The number of rotatable bonds is 7. The second-order valence-corrected chi connectivity index (χ2v) is 9.17. The molecule has 0 aromatic heterocycles. The van der Waals surface area contributed by atoms with Crippen molar-refractivity contribution in [1.29, 1.82) is 0 Å². The molecule has 4 aromatic carbocycles. The van der Waals surface area contributed by atoms with Gasteiger partial charge in [0.25, 0.3) is 5.91 Å². The van der Waals surface area contributed by atoms with E-state index in [1.165, 1.54) is 17.7 Å². The molecule has 1 aliphatic rings. The molecule has 4 nitrogen and oxygen atoms in total. The van der Waals surface area contributed by atoms with Crippen molar-refractivity contribution in [3.8, 4) is 0 Å². The van der Waals surface area contributed by atoms with Crippen molar-refractivity contribution in [2.45, 2.75) is 25.7 Å². The summed E-state index contributed by atoms with van der Waals surface area (Å²) >= 11 is 0. The van der Waals surface area contributed by atoms with Gasteiger partial charge in [0, 0.05) is 35.0 Å². The zero-order valence-corrected chi connectivity index (χ0v) is 20.2. The largest absolute Gasteiger partial charge is 0.353 e. The molecule has 0 aliphatic heterocycles. The molecule has 1 aliphatic carbocycles. The number of halogens is 2. The standard InChI is InChI=1S/C31H26F2N2O2/c32-24-12-15-29(28(33)19-24)35-25-13-14-26-22(17-25)10-8-21-9-11-23(18-27(21)30(26)36)31(37)34-16-4-7-20-5-2-1-3-6-20/h1-3,5-6,9,11-15,17-19,35H,4,7-8,10,16H2,(H,34,37). The zero-order valence-electron chi connectivity index (χ0n) is 20.2. The van der Waals surface area contributed by atoms with E-state index in [0.717, 1.165) is 30.0 Å². The second kappa shape index (κ2) is 10.7. The van der Waals surface area contributed by atoms with E-state index in [-0.39, 0.29) is 17.4 Å². The number of ketones is 1. The highest BCUT2D eigenvalue weighted by molar-refractivity contribution is 6.12. The van der Waals surface area contributed by atoms with E-state index < -0.39 is 11.6 Å². The van der Waals surface area contributed by atoms with Crippen LogP contribution in [0.25, 0.3) is 0 Å². The lowest BCUT2D eigenvalue weighted by atomic mass is 9.96. The minimum absolute atomic E-state index is 0.138. The fourth-order valence-electron chi connectivity index (χ4n) is 4.65. The molecule has 37 heavy (non-hydrogen) atoms. The van der Waals surface area contributed by atoms with Gasteiger partial charge in [0.15, 0.2) is 5.78 Å². The van der Waals surface area contributed by atoms with E-state index in [0.29, 0.717) is 41.8 Å². The predicted octanol–water partition coefficient (Wildman–Crippen LogP) is 6.40. The summed E-state index contributed by atoms with van der Waals surface area (Å²) in [5.41, 5.74) is 5.27. The van der Waals surface area contributed by atoms with E-state index in [1.807, 2.05) is 30.3 Å². The summed E-state index contributed by atoms with van der Waals surface area (Å²) in [6.07, 6.45) is 2.97. The van der Waals surface area contributed by atoms with Crippen LogP contribution in [-0.4, -0.2) is 18.2 Å². The monoisotopic (exact) mass is 496 g/mol. The third-order valence-electron chi connectivity index (χ3n) is 6.61. The first kappa shape index (κ1) is 24.4. The van der Waals surface area contributed by atoms with Crippen molar-refractivity contribution >= 4 is 23.1 Å². The Morgan fingerprint density at radius 1 is 0.811 bits per heavy atom. The maximum Gasteiger partial charge on any atom is 0.251 e. The van der Waals surface area contributed by atoms with Crippen LogP contribution >= 0.6 is 0 Å². The number of fused-ring (bicyclic) bond motifs is 2. The Labute approximate surface area is 214 Å². The summed E-state index contributed by atoms with van der Waals surface area (Å²) in [6, 6.07) is 24.0. The molecule has 6 heteroatoms. The van der Waals surface area contributed by atoms with Gasteiger partial charge in [0.1, 0.15) is 11.6 Å². The van der Waals surface area contributed by atoms with Gasteiger partial charge in [0.05, 0.1) is 5.69 Å². The van der Waals surface area contributed by atoms with Gasteiger partial charge >= 0.3 is 0 Å². The first-order chi connectivity index (χ1) is 18.0. The van der Waals surface area contributed by atoms with Gasteiger partial charge in [0.2, 0.25) is 0 Å². The van der Waals surface area contributed by atoms with Crippen molar-refractivity contribution in [2.75, 3.05) is 11.9 Å². The molecule has 4 aromatic rings. The molecule has 0 saturated heterocycles. The summed E-state index contributed by atoms with van der Waals surface area (Å²) in [6.45, 7) is 0.548. The number of carbonyl (C=O) groups is 2. The average Bonchev–Trinajstić information content (AvgIpc) is 3.04. The number of carbonyl (C=O) groups excluding carboxylic acids is 2. The molecule has 0 fully saturated rings. The Bertz CT molecular complexity index is 1470. The van der Waals surface area contributed by atoms with E-state index in [2.05, 4.69) is 22.8 Å². The van der Waals surface area contributed by atoms with Crippen molar-refractivity contribution in [3.05, 3.63) is 130 Å². The summed E-state index contributed by atoms with van der Waals surface area (Å²) in [5, 5.41) is 5.91. The number of benzene rings is 4. The highest BCUT2D eigenvalue weighted by atomic mass is 19.1. The summed E-state index contributed by atoms with van der Waals surface area (Å²) in [5.74, 6) is -1.67. The van der Waals surface area contributed by atoms with Gasteiger partial charge < -0.3 is 10.6 Å². The van der Waals surface area contributed by atoms with Crippen molar-refractivity contribution in [3.63, 3.8) is 0 Å². The molecule has 0 heterocycles. The van der Waals surface area contributed by atoms with Crippen LogP contribution < -0.4 is 10.6 Å². The third kappa shape index (κ3) is 5.59. The molecule has 0 bridgehead atoms. The molecule has 186 valence electrons. The number of anilines is 2. The normalized spacial score (nSPS) is 12.3. The van der Waals surface area contributed by atoms with Gasteiger partial charge in [-0.2, -0.15) is 0 Å². The number of hydrogen-bond acceptors (Lipinski definition) is 3. The van der Waals surface area contributed by atoms with Crippen LogP contribution in [0.1, 0.15) is 49.4 Å². The molecule has 0 spiro atoms. The number of aryl methyl sites for hydroxylation is 3. The summed E-state index contributed by atoms with van der Waals surface area (Å²) in [4.78, 5) is 26.2. The first-order valence-corrected chi connectivity index (χ1v) is 12.3. The molecule has 0 atom stereocenters. The lowest BCUT2D eigenvalue weighted by molar-refractivity contribution is 0.0953. The highest BCUT2D eigenvalue weighted by Gasteiger charge is 2.23. The van der Waals surface area contributed by atoms with E-state index in [9.17, 15) is 18.4 Å². The minimum atomic E-state index is -0.690. The molecule has 0 radical (unpaired) electrons. The average molecular weight is 497 g/mol. The van der Waals surface area contributed by atoms with Crippen molar-refractivity contribution in [1.82, 2.24) is 5.32 Å². The van der Waals surface area contributed by atoms with Crippen LogP contribution in [0.5, 0.6) is 0 Å². The molecule has 0 unspecified atom stereocenters. The number of amides is 1. The van der Waals surface area contributed by atoms with Gasteiger partial charge in [-0.15, -0.1) is 0 Å². The number of nitrogens with one attached hydrogen (secondary N) is 2. The Morgan fingerprint density at radius 2 is 1.62 bits per heavy atom. The summed E-state index contributed by atoms with van der Waals surface area (Å²) < 4.78 is 27.3. The molecular weight excluding hydrogens is 470 g/mol. The van der Waals surface area contributed by atoms with E-state index in [4.69, 9.17) is 0 Å². The van der Waals surface area contributed by atoms with Crippen LogP contribution in [0.4, 0.5) is 20.2 Å². The van der Waals surface area contributed by atoms with E-state index >= 15 is 0 Å². The summed E-state index contributed by atoms with van der Waals surface area (Å²) in [7, 11) is 0. The Hall–Kier alpha value is -4.32. The SMILES string of the molecule is O=C(NCCCc1ccccc1)c1ccc2c(c1)C(=O)c1ccc(Nc3ccc(F)cc3F)cc1CC2. The van der Waals surface area contributed by atoms with Crippen LogP contribution in [0.15, 0.2) is 84.9 Å². The van der Waals surface area contributed by atoms with Gasteiger partial charge in [-0.05, 0) is 84.8 Å². The highest BCUT2D eigenvalue weighted by Crippen LogP contribution is 2.29. The maximum absolute atomic E-state index is 14.1.